The second-order valence-electron chi connectivity index (χ2n) is 6.62. The SMILES string of the molecule is CCOc1ccc(N([C@H](C)C(=O)NN=C2CCN(C)CC2)S(C)(=O)=O)cc1. The van der Waals surface area contributed by atoms with Gasteiger partial charge in [-0.2, -0.15) is 5.10 Å². The maximum atomic E-state index is 12.5. The highest BCUT2D eigenvalue weighted by Crippen LogP contribution is 2.24. The summed E-state index contributed by atoms with van der Waals surface area (Å²) < 4.78 is 31.1. The van der Waals surface area contributed by atoms with Crippen molar-refractivity contribution >= 4 is 27.3 Å². The Bertz CT molecular complexity index is 767. The fraction of sp³-hybridized carbons (Fsp3) is 0.556. The third-order valence-corrected chi connectivity index (χ3v) is 5.62. The third-order valence-electron chi connectivity index (χ3n) is 4.38. The first-order valence-corrected chi connectivity index (χ1v) is 10.8. The van der Waals surface area contributed by atoms with Gasteiger partial charge in [0.1, 0.15) is 11.8 Å². The minimum atomic E-state index is -3.66. The Hall–Kier alpha value is -2.13. The Labute approximate surface area is 161 Å². The molecule has 27 heavy (non-hydrogen) atoms. The van der Waals surface area contributed by atoms with Crippen LogP contribution in [-0.2, 0) is 14.8 Å². The van der Waals surface area contributed by atoms with Crippen molar-refractivity contribution in [1.29, 1.82) is 0 Å². The average molecular weight is 397 g/mol. The molecule has 9 heteroatoms. The van der Waals surface area contributed by atoms with E-state index in [0.29, 0.717) is 18.0 Å². The van der Waals surface area contributed by atoms with E-state index in [0.717, 1.165) is 42.2 Å². The van der Waals surface area contributed by atoms with Crippen LogP contribution in [-0.4, -0.2) is 64.0 Å². The molecule has 1 aliphatic heterocycles. The summed E-state index contributed by atoms with van der Waals surface area (Å²) in [5.41, 5.74) is 3.84. The predicted molar refractivity (Wildman–Crippen MR) is 107 cm³/mol. The van der Waals surface area contributed by atoms with E-state index in [1.165, 1.54) is 0 Å². The zero-order valence-electron chi connectivity index (χ0n) is 16.3. The highest BCUT2D eigenvalue weighted by molar-refractivity contribution is 7.92. The van der Waals surface area contributed by atoms with Gasteiger partial charge < -0.3 is 9.64 Å². The summed E-state index contributed by atoms with van der Waals surface area (Å²) in [6.07, 6.45) is 2.66. The van der Waals surface area contributed by atoms with E-state index in [-0.39, 0.29) is 0 Å². The fourth-order valence-corrected chi connectivity index (χ4v) is 4.06. The van der Waals surface area contributed by atoms with Crippen LogP contribution in [0, 0.1) is 0 Å². The van der Waals surface area contributed by atoms with Crippen molar-refractivity contribution < 1.29 is 17.9 Å². The van der Waals surface area contributed by atoms with Crippen molar-refractivity contribution in [2.75, 3.05) is 37.3 Å². The molecule has 0 aromatic heterocycles. The monoisotopic (exact) mass is 396 g/mol. The molecule has 0 spiro atoms. The van der Waals surface area contributed by atoms with Crippen molar-refractivity contribution in [1.82, 2.24) is 10.3 Å². The molecule has 1 aliphatic rings. The van der Waals surface area contributed by atoms with Gasteiger partial charge in [-0.05, 0) is 45.2 Å². The highest BCUT2D eigenvalue weighted by atomic mass is 32.2. The van der Waals surface area contributed by atoms with Gasteiger partial charge in [-0.3, -0.25) is 9.10 Å². The molecule has 2 rings (SSSR count). The second kappa shape index (κ2) is 9.18. The number of carbonyl (C=O) groups excluding carboxylic acids is 1. The van der Waals surface area contributed by atoms with E-state index in [1.54, 1.807) is 31.2 Å². The Balaban J connectivity index is 2.13. The summed E-state index contributed by atoms with van der Waals surface area (Å²) in [5.74, 6) is 0.168. The number of hydrogen-bond donors (Lipinski definition) is 1. The molecule has 1 aromatic carbocycles. The highest BCUT2D eigenvalue weighted by Gasteiger charge is 2.29. The van der Waals surface area contributed by atoms with Crippen molar-refractivity contribution in [3.63, 3.8) is 0 Å². The normalized spacial score (nSPS) is 16.5. The number of hydrazone groups is 1. The molecule has 0 unspecified atom stereocenters. The van der Waals surface area contributed by atoms with Gasteiger partial charge in [-0.25, -0.2) is 13.8 Å². The lowest BCUT2D eigenvalue weighted by Gasteiger charge is -2.28. The molecule has 1 atom stereocenters. The van der Waals surface area contributed by atoms with Crippen LogP contribution >= 0.6 is 0 Å². The first kappa shape index (κ1) is 21.2. The van der Waals surface area contributed by atoms with E-state index >= 15 is 0 Å². The van der Waals surface area contributed by atoms with Crippen LogP contribution in [0.2, 0.25) is 0 Å². The first-order valence-electron chi connectivity index (χ1n) is 8.98. The Morgan fingerprint density at radius 2 is 1.89 bits per heavy atom. The number of anilines is 1. The van der Waals surface area contributed by atoms with E-state index in [2.05, 4.69) is 15.4 Å². The number of ether oxygens (including phenoxy) is 1. The molecule has 150 valence electrons. The predicted octanol–water partition coefficient (Wildman–Crippen LogP) is 1.44. The number of carbonyl (C=O) groups is 1. The summed E-state index contributed by atoms with van der Waals surface area (Å²) in [6.45, 7) is 5.72. The number of piperidine rings is 1. The molecule has 0 aliphatic carbocycles. The standard InChI is InChI=1S/C18H28N4O4S/c1-5-26-17-8-6-16(7-9-17)22(27(4,24)25)14(2)18(23)20-19-15-10-12-21(3)13-11-15/h6-9,14H,5,10-13H2,1-4H3,(H,20,23)/t14-/m1/s1. The van der Waals surface area contributed by atoms with E-state index < -0.39 is 22.0 Å². The lowest BCUT2D eigenvalue weighted by molar-refractivity contribution is -0.121. The quantitative estimate of drug-likeness (QED) is 0.704. The second-order valence-corrected chi connectivity index (χ2v) is 8.48. The summed E-state index contributed by atoms with van der Waals surface area (Å²) in [4.78, 5) is 14.7. The maximum absolute atomic E-state index is 12.5. The molecule has 1 fully saturated rings. The van der Waals surface area contributed by atoms with E-state index in [9.17, 15) is 13.2 Å². The molecule has 1 saturated heterocycles. The number of sulfonamides is 1. The lowest BCUT2D eigenvalue weighted by atomic mass is 10.1. The van der Waals surface area contributed by atoms with Crippen LogP contribution in [0.5, 0.6) is 5.75 Å². The van der Waals surface area contributed by atoms with E-state index in [1.807, 2.05) is 14.0 Å². The fourth-order valence-electron chi connectivity index (χ4n) is 2.88. The van der Waals surface area contributed by atoms with Gasteiger partial charge in [-0.15, -0.1) is 0 Å². The first-order chi connectivity index (χ1) is 12.7. The molecule has 0 saturated carbocycles. The molecule has 8 nitrogen and oxygen atoms in total. The molecular formula is C18H28N4O4S. The molecule has 1 aromatic rings. The van der Waals surface area contributed by atoms with Crippen LogP contribution in [0.15, 0.2) is 29.4 Å². The van der Waals surface area contributed by atoms with Gasteiger partial charge in [-0.1, -0.05) is 0 Å². The summed E-state index contributed by atoms with van der Waals surface area (Å²) >= 11 is 0. The van der Waals surface area contributed by atoms with Gasteiger partial charge >= 0.3 is 0 Å². The lowest BCUT2D eigenvalue weighted by Crippen LogP contribution is -2.47. The van der Waals surface area contributed by atoms with Crippen LogP contribution in [0.25, 0.3) is 0 Å². The Morgan fingerprint density at radius 3 is 2.41 bits per heavy atom. The zero-order valence-corrected chi connectivity index (χ0v) is 17.1. The van der Waals surface area contributed by atoms with Gasteiger partial charge in [0.15, 0.2) is 0 Å². The number of benzene rings is 1. The smallest absolute Gasteiger partial charge is 0.263 e. The summed E-state index contributed by atoms with van der Waals surface area (Å²) in [6, 6.07) is 5.67. The number of hydrogen-bond acceptors (Lipinski definition) is 6. The van der Waals surface area contributed by atoms with Gasteiger partial charge in [0.2, 0.25) is 10.0 Å². The number of likely N-dealkylation sites (tertiary alicyclic amines) is 1. The number of nitrogens with zero attached hydrogens (tertiary/aromatic N) is 3. The minimum absolute atomic E-state index is 0.399. The molecule has 0 bridgehead atoms. The topological polar surface area (TPSA) is 91.3 Å². The van der Waals surface area contributed by atoms with Gasteiger partial charge in [0.25, 0.3) is 5.91 Å². The Morgan fingerprint density at radius 1 is 1.30 bits per heavy atom. The largest absolute Gasteiger partial charge is 0.494 e. The third kappa shape index (κ3) is 5.93. The van der Waals surface area contributed by atoms with Crippen molar-refractivity contribution in [2.45, 2.75) is 32.7 Å². The molecular weight excluding hydrogens is 368 g/mol. The number of amides is 1. The molecule has 1 amide bonds. The number of rotatable bonds is 7. The van der Waals surface area contributed by atoms with Gasteiger partial charge in [0, 0.05) is 31.6 Å². The minimum Gasteiger partial charge on any atom is -0.494 e. The van der Waals surface area contributed by atoms with E-state index in [4.69, 9.17) is 4.74 Å². The Kier molecular flexibility index (Phi) is 7.20. The summed E-state index contributed by atoms with van der Waals surface area (Å²) in [5, 5.41) is 4.18. The van der Waals surface area contributed by atoms with Crippen LogP contribution in [0.4, 0.5) is 5.69 Å². The van der Waals surface area contributed by atoms with Crippen molar-refractivity contribution in [2.24, 2.45) is 5.10 Å². The zero-order chi connectivity index (χ0) is 20.0. The van der Waals surface area contributed by atoms with Crippen LogP contribution in [0.3, 0.4) is 0 Å². The molecule has 0 radical (unpaired) electrons. The van der Waals surface area contributed by atoms with Crippen LogP contribution in [0.1, 0.15) is 26.7 Å². The summed E-state index contributed by atoms with van der Waals surface area (Å²) in [7, 11) is -1.62. The average Bonchev–Trinajstić information content (AvgIpc) is 2.61. The van der Waals surface area contributed by atoms with Crippen LogP contribution < -0.4 is 14.5 Å². The maximum Gasteiger partial charge on any atom is 0.263 e. The molecule has 1 heterocycles. The molecule has 1 N–H and O–H groups in total. The van der Waals surface area contributed by atoms with Gasteiger partial charge in [0.05, 0.1) is 18.6 Å². The number of nitrogens with one attached hydrogen (secondary N) is 1. The van der Waals surface area contributed by atoms with Crippen molar-refractivity contribution in [3.05, 3.63) is 24.3 Å². The van der Waals surface area contributed by atoms with Crippen molar-refractivity contribution in [3.8, 4) is 5.75 Å².